The second-order valence-electron chi connectivity index (χ2n) is 4.07. The van der Waals surface area contributed by atoms with E-state index in [-0.39, 0.29) is 11.8 Å². The first kappa shape index (κ1) is 11.2. The zero-order valence-corrected chi connectivity index (χ0v) is 10.8. The lowest BCUT2D eigenvalue weighted by Gasteiger charge is -2.11. The van der Waals surface area contributed by atoms with E-state index in [1.165, 1.54) is 0 Å². The van der Waals surface area contributed by atoms with E-state index in [9.17, 15) is 5.26 Å². The van der Waals surface area contributed by atoms with Crippen LogP contribution in [-0.2, 0) is 0 Å². The van der Waals surface area contributed by atoms with E-state index in [4.69, 9.17) is 0 Å². The van der Waals surface area contributed by atoms with Crippen LogP contribution in [0.3, 0.4) is 0 Å². The molecule has 3 nitrogen and oxygen atoms in total. The molecule has 0 N–H and O–H groups in total. The summed E-state index contributed by atoms with van der Waals surface area (Å²) in [4.78, 5) is 4.44. The quantitative estimate of drug-likeness (QED) is 0.845. The van der Waals surface area contributed by atoms with Crippen molar-refractivity contribution in [2.45, 2.75) is 19.8 Å². The maximum atomic E-state index is 9.20. The summed E-state index contributed by atoms with van der Waals surface area (Å²) in [6.45, 7) is 4.07. The molecular formula is C12H12BrN3. The van der Waals surface area contributed by atoms with Crippen molar-refractivity contribution in [3.05, 3.63) is 34.8 Å². The lowest BCUT2D eigenvalue weighted by atomic mass is 9.97. The molecule has 16 heavy (non-hydrogen) atoms. The number of aromatic nitrogens is 2. The van der Waals surface area contributed by atoms with Gasteiger partial charge in [0.05, 0.1) is 11.6 Å². The average Bonchev–Trinajstić information content (AvgIpc) is 2.58. The number of nitrogens with zero attached hydrogens (tertiary/aromatic N) is 3. The molecule has 0 aliphatic rings. The normalized spacial score (nSPS) is 12.9. The Labute approximate surface area is 103 Å². The Hall–Kier alpha value is -1.34. The van der Waals surface area contributed by atoms with Crippen LogP contribution in [0.15, 0.2) is 29.0 Å². The van der Waals surface area contributed by atoms with Gasteiger partial charge in [0.15, 0.2) is 0 Å². The number of nitriles is 1. The summed E-state index contributed by atoms with van der Waals surface area (Å²) < 4.78 is 2.77. The molecule has 4 heteroatoms. The Morgan fingerprint density at radius 1 is 1.44 bits per heavy atom. The van der Waals surface area contributed by atoms with Crippen molar-refractivity contribution in [3.8, 4) is 6.07 Å². The first-order valence-electron chi connectivity index (χ1n) is 5.17. The summed E-state index contributed by atoms with van der Waals surface area (Å²) in [5, 5.41) is 9.20. The van der Waals surface area contributed by atoms with Crippen LogP contribution in [0.1, 0.15) is 25.6 Å². The Kier molecular flexibility index (Phi) is 2.97. The summed E-state index contributed by atoms with van der Waals surface area (Å²) in [5.41, 5.74) is 0.999. The third-order valence-corrected chi connectivity index (χ3v) is 3.20. The fraction of sp³-hybridized carbons (Fsp3) is 0.333. The highest BCUT2D eigenvalue weighted by molar-refractivity contribution is 9.10. The van der Waals surface area contributed by atoms with Gasteiger partial charge in [-0.2, -0.15) is 5.26 Å². The van der Waals surface area contributed by atoms with Crippen LogP contribution in [0.2, 0.25) is 0 Å². The van der Waals surface area contributed by atoms with Gasteiger partial charge in [0.25, 0.3) is 0 Å². The molecule has 1 atom stereocenters. The first-order valence-corrected chi connectivity index (χ1v) is 5.96. The summed E-state index contributed by atoms with van der Waals surface area (Å²) in [5.74, 6) is 0.879. The first-order chi connectivity index (χ1) is 7.65. The molecule has 0 aliphatic heterocycles. The summed E-state index contributed by atoms with van der Waals surface area (Å²) >= 11 is 3.42. The maximum absolute atomic E-state index is 9.20. The molecule has 0 bridgehead atoms. The van der Waals surface area contributed by atoms with Crippen LogP contribution in [0.5, 0.6) is 0 Å². The fourth-order valence-electron chi connectivity index (χ4n) is 1.75. The fourth-order valence-corrected chi connectivity index (χ4v) is 2.25. The van der Waals surface area contributed by atoms with Crippen LogP contribution in [0, 0.1) is 17.2 Å². The third-order valence-electron chi connectivity index (χ3n) is 2.61. The molecule has 0 spiro atoms. The minimum atomic E-state index is -0.179. The van der Waals surface area contributed by atoms with Gasteiger partial charge in [0.2, 0.25) is 0 Å². The summed E-state index contributed by atoms with van der Waals surface area (Å²) in [6, 6.07) is 8.21. The van der Waals surface area contributed by atoms with Crippen LogP contribution in [-0.4, -0.2) is 9.38 Å². The van der Waals surface area contributed by atoms with E-state index in [1.807, 2.05) is 42.6 Å². The highest BCUT2D eigenvalue weighted by Crippen LogP contribution is 2.27. The van der Waals surface area contributed by atoms with Crippen molar-refractivity contribution in [1.29, 1.82) is 5.26 Å². The second kappa shape index (κ2) is 4.26. The van der Waals surface area contributed by atoms with Gasteiger partial charge in [-0.05, 0) is 34.0 Å². The van der Waals surface area contributed by atoms with Crippen molar-refractivity contribution < 1.29 is 0 Å². The Balaban J connectivity index is 2.66. The summed E-state index contributed by atoms with van der Waals surface area (Å²) in [7, 11) is 0. The van der Waals surface area contributed by atoms with Crippen molar-refractivity contribution in [2.24, 2.45) is 5.92 Å². The van der Waals surface area contributed by atoms with Gasteiger partial charge < -0.3 is 4.40 Å². The molecule has 0 radical (unpaired) electrons. The topological polar surface area (TPSA) is 41.1 Å². The highest BCUT2D eigenvalue weighted by Gasteiger charge is 2.21. The van der Waals surface area contributed by atoms with Crippen molar-refractivity contribution in [1.82, 2.24) is 9.38 Å². The van der Waals surface area contributed by atoms with Gasteiger partial charge in [0, 0.05) is 6.20 Å². The number of hydrogen-bond donors (Lipinski definition) is 0. The molecule has 0 fully saturated rings. The smallest absolute Gasteiger partial charge is 0.132 e. The lowest BCUT2D eigenvalue weighted by Crippen LogP contribution is -2.08. The molecule has 0 aliphatic carbocycles. The van der Waals surface area contributed by atoms with E-state index in [0.29, 0.717) is 0 Å². The number of pyridine rings is 1. The van der Waals surface area contributed by atoms with E-state index >= 15 is 0 Å². The van der Waals surface area contributed by atoms with Crippen molar-refractivity contribution in [2.75, 3.05) is 0 Å². The number of hydrogen-bond acceptors (Lipinski definition) is 2. The van der Waals surface area contributed by atoms with Crippen LogP contribution in [0.4, 0.5) is 0 Å². The van der Waals surface area contributed by atoms with Gasteiger partial charge in [0.1, 0.15) is 16.3 Å². The predicted molar refractivity (Wildman–Crippen MR) is 66.1 cm³/mol. The summed E-state index contributed by atoms with van der Waals surface area (Å²) in [6.07, 6.45) is 1.94. The Morgan fingerprint density at radius 3 is 2.81 bits per heavy atom. The van der Waals surface area contributed by atoms with Gasteiger partial charge >= 0.3 is 0 Å². The molecule has 0 amide bonds. The third kappa shape index (κ3) is 1.72. The van der Waals surface area contributed by atoms with Crippen LogP contribution >= 0.6 is 15.9 Å². The standard InChI is InChI=1S/C12H12BrN3/c1-8(2)9(7-14)12-15-11(13)10-5-3-4-6-16(10)12/h3-6,8-9H,1-2H3. The zero-order valence-electron chi connectivity index (χ0n) is 9.18. The Morgan fingerprint density at radius 2 is 2.19 bits per heavy atom. The van der Waals surface area contributed by atoms with E-state index in [0.717, 1.165) is 15.9 Å². The van der Waals surface area contributed by atoms with Crippen molar-refractivity contribution >= 4 is 21.4 Å². The number of halogens is 1. The SMILES string of the molecule is CC(C)C(C#N)c1nc(Br)c2ccccn12. The zero-order chi connectivity index (χ0) is 11.7. The molecule has 82 valence electrons. The maximum Gasteiger partial charge on any atom is 0.132 e. The molecule has 2 aromatic rings. The van der Waals surface area contributed by atoms with E-state index in [1.54, 1.807) is 0 Å². The highest BCUT2D eigenvalue weighted by atomic mass is 79.9. The van der Waals surface area contributed by atoms with Gasteiger partial charge in [-0.1, -0.05) is 19.9 Å². The van der Waals surface area contributed by atoms with Gasteiger partial charge in [-0.25, -0.2) is 4.98 Å². The van der Waals surface area contributed by atoms with E-state index < -0.39 is 0 Å². The molecule has 0 saturated carbocycles. The minimum Gasteiger partial charge on any atom is -0.301 e. The molecular weight excluding hydrogens is 266 g/mol. The van der Waals surface area contributed by atoms with Crippen molar-refractivity contribution in [3.63, 3.8) is 0 Å². The van der Waals surface area contributed by atoms with Crippen LogP contribution in [0.25, 0.3) is 5.52 Å². The number of fused-ring (bicyclic) bond motifs is 1. The second-order valence-corrected chi connectivity index (χ2v) is 4.82. The molecule has 0 saturated heterocycles. The molecule has 1 unspecified atom stereocenters. The Bertz CT molecular complexity index is 551. The molecule has 2 rings (SSSR count). The largest absolute Gasteiger partial charge is 0.301 e. The predicted octanol–water partition coefficient (Wildman–Crippen LogP) is 3.36. The van der Waals surface area contributed by atoms with E-state index in [2.05, 4.69) is 27.0 Å². The van der Waals surface area contributed by atoms with Crippen LogP contribution < -0.4 is 0 Å². The lowest BCUT2D eigenvalue weighted by molar-refractivity contribution is 0.559. The number of imidazole rings is 1. The average molecular weight is 278 g/mol. The number of rotatable bonds is 2. The monoisotopic (exact) mass is 277 g/mol. The molecule has 2 heterocycles. The minimum absolute atomic E-state index is 0.179. The molecule has 0 aromatic carbocycles. The van der Waals surface area contributed by atoms with Gasteiger partial charge in [-0.15, -0.1) is 0 Å². The molecule has 2 aromatic heterocycles. The van der Waals surface area contributed by atoms with Gasteiger partial charge in [-0.3, -0.25) is 0 Å².